The molecular formula is C30H28F3N5O3S. The van der Waals surface area contributed by atoms with Crippen molar-refractivity contribution in [2.45, 2.75) is 45.5 Å². The van der Waals surface area contributed by atoms with Crippen LogP contribution in [-0.2, 0) is 16.0 Å². The summed E-state index contributed by atoms with van der Waals surface area (Å²) in [6.45, 7) is 5.54. The summed E-state index contributed by atoms with van der Waals surface area (Å²) in [5.74, 6) is -0.636. The second-order valence-corrected chi connectivity index (χ2v) is 10.6. The van der Waals surface area contributed by atoms with Gasteiger partial charge in [0.2, 0.25) is 12.0 Å². The number of esters is 1. The normalized spacial score (nSPS) is 13.2. The van der Waals surface area contributed by atoms with Crippen molar-refractivity contribution in [2.75, 3.05) is 6.61 Å². The molecule has 0 aliphatic heterocycles. The lowest BCUT2D eigenvalue weighted by molar-refractivity contribution is -0.198. The van der Waals surface area contributed by atoms with Gasteiger partial charge in [-0.25, -0.2) is 14.6 Å². The van der Waals surface area contributed by atoms with Gasteiger partial charge in [0, 0.05) is 22.7 Å². The molecule has 5 rings (SSSR count). The summed E-state index contributed by atoms with van der Waals surface area (Å²) in [4.78, 5) is 20.3. The van der Waals surface area contributed by atoms with Crippen LogP contribution in [0.2, 0.25) is 0 Å². The minimum Gasteiger partial charge on any atom is -0.465 e. The number of hydrogen-bond acceptors (Lipinski definition) is 8. The molecule has 0 bridgehead atoms. The number of rotatable bonds is 9. The van der Waals surface area contributed by atoms with E-state index >= 15 is 0 Å². The Kier molecular flexibility index (Phi) is 8.28. The molecule has 0 saturated heterocycles. The van der Waals surface area contributed by atoms with E-state index in [0.717, 1.165) is 22.3 Å². The molecule has 0 aliphatic carbocycles. The van der Waals surface area contributed by atoms with Crippen molar-refractivity contribution in [3.05, 3.63) is 88.8 Å². The van der Waals surface area contributed by atoms with Crippen molar-refractivity contribution < 1.29 is 27.4 Å². The number of alkyl halides is 3. The maximum absolute atomic E-state index is 14.6. The quantitative estimate of drug-likeness (QED) is 0.200. The van der Waals surface area contributed by atoms with Crippen LogP contribution < -0.4 is 10.5 Å². The summed E-state index contributed by atoms with van der Waals surface area (Å²) in [5.41, 5.74) is 10.4. The van der Waals surface area contributed by atoms with Crippen molar-refractivity contribution >= 4 is 27.5 Å². The highest BCUT2D eigenvalue weighted by Crippen LogP contribution is 2.43. The Morgan fingerprint density at radius 1 is 1.10 bits per heavy atom. The van der Waals surface area contributed by atoms with Crippen molar-refractivity contribution in [2.24, 2.45) is 5.73 Å². The molecule has 5 aromatic rings. The van der Waals surface area contributed by atoms with Gasteiger partial charge in [-0.1, -0.05) is 36.4 Å². The third-order valence-electron chi connectivity index (χ3n) is 6.60. The fourth-order valence-corrected chi connectivity index (χ4v) is 5.53. The van der Waals surface area contributed by atoms with Crippen molar-refractivity contribution in [1.82, 2.24) is 19.7 Å². The van der Waals surface area contributed by atoms with Gasteiger partial charge in [-0.3, -0.25) is 4.79 Å². The number of aryl methyl sites for hydroxylation is 2. The molecule has 8 nitrogen and oxygen atoms in total. The van der Waals surface area contributed by atoms with E-state index in [1.807, 2.05) is 24.3 Å². The number of aromatic nitrogens is 4. The van der Waals surface area contributed by atoms with Gasteiger partial charge in [0.15, 0.2) is 0 Å². The molecular weight excluding hydrogens is 567 g/mol. The van der Waals surface area contributed by atoms with Crippen molar-refractivity contribution in [1.29, 1.82) is 0 Å². The number of carbonyl (C=O) groups is 1. The van der Waals surface area contributed by atoms with Crippen LogP contribution in [0.5, 0.6) is 5.88 Å². The zero-order valence-corrected chi connectivity index (χ0v) is 23.9. The first-order valence-electron chi connectivity index (χ1n) is 13.2. The van der Waals surface area contributed by atoms with Crippen LogP contribution >= 0.6 is 11.3 Å². The van der Waals surface area contributed by atoms with E-state index in [1.54, 1.807) is 50.5 Å². The first-order valence-corrected chi connectivity index (χ1v) is 14.0. The lowest BCUT2D eigenvalue weighted by atomic mass is 10.0. The van der Waals surface area contributed by atoms with Gasteiger partial charge < -0.3 is 15.2 Å². The Morgan fingerprint density at radius 3 is 2.52 bits per heavy atom. The van der Waals surface area contributed by atoms with Gasteiger partial charge in [-0.2, -0.15) is 18.3 Å². The number of halogens is 3. The Balaban J connectivity index is 1.47. The van der Waals surface area contributed by atoms with E-state index in [-0.39, 0.29) is 23.7 Å². The summed E-state index contributed by atoms with van der Waals surface area (Å²) in [7, 11) is 0. The van der Waals surface area contributed by atoms with E-state index < -0.39 is 24.3 Å². The number of fused-ring (bicyclic) bond motifs is 1. The number of nitrogens with two attached hydrogens (primary N) is 1. The number of thiophene rings is 1. The topological polar surface area (TPSA) is 105 Å². The number of carbonyl (C=O) groups excluding carboxylic acids is 1. The van der Waals surface area contributed by atoms with Gasteiger partial charge in [-0.05, 0) is 56.0 Å². The van der Waals surface area contributed by atoms with Crippen LogP contribution in [0.25, 0.3) is 27.0 Å². The molecule has 0 radical (unpaired) electrons. The van der Waals surface area contributed by atoms with E-state index in [0.29, 0.717) is 22.3 Å². The SMILES string of the molecule is CCOC(=O)[C@@H](N)Cc1ccc(-c2csc3c(O[C@H](c4ccc(C)cc4-n4ccc(C)n4)C(F)(F)F)ncnc23)cc1. The highest BCUT2D eigenvalue weighted by molar-refractivity contribution is 7.18. The molecule has 0 spiro atoms. The molecule has 0 aliphatic rings. The highest BCUT2D eigenvalue weighted by atomic mass is 32.1. The fraction of sp³-hybridized carbons (Fsp3) is 0.267. The zero-order valence-electron chi connectivity index (χ0n) is 23.1. The second kappa shape index (κ2) is 11.9. The summed E-state index contributed by atoms with van der Waals surface area (Å²) < 4.78 is 56.1. The highest BCUT2D eigenvalue weighted by Gasteiger charge is 2.45. The third kappa shape index (κ3) is 6.14. The summed E-state index contributed by atoms with van der Waals surface area (Å²) >= 11 is 1.20. The Morgan fingerprint density at radius 2 is 1.86 bits per heavy atom. The lowest BCUT2D eigenvalue weighted by Gasteiger charge is -2.24. The van der Waals surface area contributed by atoms with Crippen molar-refractivity contribution in [3.8, 4) is 22.7 Å². The zero-order chi connectivity index (χ0) is 30.0. The summed E-state index contributed by atoms with van der Waals surface area (Å²) in [6, 6.07) is 13.0. The molecule has 3 aromatic heterocycles. The van der Waals surface area contributed by atoms with Gasteiger partial charge in [0.25, 0.3) is 0 Å². The molecule has 3 heterocycles. The molecule has 2 atom stereocenters. The fourth-order valence-electron chi connectivity index (χ4n) is 4.57. The van der Waals surface area contributed by atoms with Gasteiger partial charge in [-0.15, -0.1) is 11.3 Å². The summed E-state index contributed by atoms with van der Waals surface area (Å²) in [5, 5.41) is 6.12. The van der Waals surface area contributed by atoms with Crippen LogP contribution in [0.15, 0.2) is 66.4 Å². The van der Waals surface area contributed by atoms with E-state index in [4.69, 9.17) is 15.2 Å². The monoisotopic (exact) mass is 595 g/mol. The molecule has 2 aromatic carbocycles. The molecule has 218 valence electrons. The van der Waals surface area contributed by atoms with Gasteiger partial charge >= 0.3 is 12.1 Å². The van der Waals surface area contributed by atoms with Crippen LogP contribution in [-0.4, -0.2) is 44.5 Å². The minimum absolute atomic E-state index is 0.0867. The average Bonchev–Trinajstić information content (AvgIpc) is 3.59. The first kappa shape index (κ1) is 29.2. The van der Waals surface area contributed by atoms with Crippen LogP contribution in [0.1, 0.15) is 35.4 Å². The molecule has 0 fully saturated rings. The number of hydrogen-bond donors (Lipinski definition) is 1. The lowest BCUT2D eigenvalue weighted by Crippen LogP contribution is -2.34. The summed E-state index contributed by atoms with van der Waals surface area (Å²) in [6.07, 6.45) is -3.93. The Labute approximate surface area is 243 Å². The van der Waals surface area contributed by atoms with Crippen LogP contribution in [0.3, 0.4) is 0 Å². The van der Waals surface area contributed by atoms with Crippen molar-refractivity contribution in [3.63, 3.8) is 0 Å². The Hall–Kier alpha value is -4.29. The standard InChI is InChI=1S/C30H28F3N5O3S/c1-4-40-29(39)23(34)14-19-6-8-20(9-7-19)22-15-42-26-25(22)35-16-36-28(26)41-27(30(31,32)33)21-10-5-17(2)13-24(21)38-12-11-18(3)37-38/h5-13,15-16,23,27H,4,14,34H2,1-3H3/t23-,27+/m0/s1. The van der Waals surface area contributed by atoms with Crippen LogP contribution in [0, 0.1) is 13.8 Å². The molecule has 0 unspecified atom stereocenters. The van der Waals surface area contributed by atoms with Gasteiger partial charge in [0.1, 0.15) is 17.1 Å². The maximum Gasteiger partial charge on any atom is 0.429 e. The Bertz CT molecular complexity index is 1720. The minimum atomic E-state index is -4.75. The first-order chi connectivity index (χ1) is 20.0. The molecule has 0 amide bonds. The molecule has 12 heteroatoms. The molecule has 0 saturated carbocycles. The maximum atomic E-state index is 14.6. The predicted octanol–water partition coefficient (Wildman–Crippen LogP) is 6.28. The van der Waals surface area contributed by atoms with E-state index in [1.165, 1.54) is 28.4 Å². The predicted molar refractivity (Wildman–Crippen MR) is 154 cm³/mol. The number of benzene rings is 2. The molecule has 2 N–H and O–H groups in total. The van der Waals surface area contributed by atoms with E-state index in [9.17, 15) is 18.0 Å². The smallest absolute Gasteiger partial charge is 0.429 e. The number of nitrogens with zero attached hydrogens (tertiary/aromatic N) is 4. The second-order valence-electron chi connectivity index (χ2n) is 9.77. The average molecular weight is 596 g/mol. The number of ether oxygens (including phenoxy) is 2. The van der Waals surface area contributed by atoms with E-state index in [2.05, 4.69) is 15.1 Å². The third-order valence-corrected chi connectivity index (χ3v) is 7.55. The van der Waals surface area contributed by atoms with Gasteiger partial charge in [0.05, 0.1) is 23.5 Å². The van der Waals surface area contributed by atoms with Crippen LogP contribution in [0.4, 0.5) is 13.2 Å². The molecule has 42 heavy (non-hydrogen) atoms. The largest absolute Gasteiger partial charge is 0.465 e.